The van der Waals surface area contributed by atoms with E-state index in [0.29, 0.717) is 0 Å². The molecule has 3 nitrogen and oxygen atoms in total. The summed E-state index contributed by atoms with van der Waals surface area (Å²) in [4.78, 5) is 5.34. The topological polar surface area (TPSA) is 19.6 Å². The van der Waals surface area contributed by atoms with Crippen LogP contribution in [0.5, 0.6) is 0 Å². The average Bonchev–Trinajstić information content (AvgIpc) is 3.66. The van der Waals surface area contributed by atoms with Gasteiger partial charge in [0.05, 0.1) is 17.1 Å². The van der Waals surface area contributed by atoms with Crippen LogP contribution in [0.25, 0.3) is 55.0 Å². The van der Waals surface area contributed by atoms with Crippen molar-refractivity contribution in [3.63, 3.8) is 0 Å². The minimum atomic E-state index is -0.241. The molecule has 0 radical (unpaired) electrons. The fourth-order valence-corrected chi connectivity index (χ4v) is 11.9. The lowest BCUT2D eigenvalue weighted by molar-refractivity contribution is 0.331. The molecule has 0 spiro atoms. The number of benzene rings is 8. The fourth-order valence-electron chi connectivity index (χ4n) is 11.9. The lowest BCUT2D eigenvalue weighted by atomic mass is 9.42. The lowest BCUT2D eigenvalue weighted by Gasteiger charge is -2.52. The zero-order chi connectivity index (χ0) is 41.2. The number of para-hydroxylation sites is 3. The first kappa shape index (κ1) is 35.3. The summed E-state index contributed by atoms with van der Waals surface area (Å²) in [6.07, 6.45) is 2.36. The third kappa shape index (κ3) is 4.60. The summed E-state index contributed by atoms with van der Waals surface area (Å²) >= 11 is 0. The molecule has 8 aromatic carbocycles. The molecule has 0 bridgehead atoms. The van der Waals surface area contributed by atoms with Gasteiger partial charge in [0, 0.05) is 38.5 Å². The Hall–Kier alpha value is -6.52. The minimum absolute atomic E-state index is 0.0647. The SMILES string of the molecule is CC1(C)CCC(C)(C)c2cc3c(cc21)N1c2c(cccc2C3(C)C)B2c3c(cc4ccccc4c31)-c1cc(-c3ccccc3)ccc1N2c1cccc2c1oc1ccccc12. The number of fused-ring (bicyclic) bond motifs is 12. The minimum Gasteiger partial charge on any atom is -0.454 e. The van der Waals surface area contributed by atoms with E-state index in [1.807, 2.05) is 0 Å². The molecule has 0 fully saturated rings. The van der Waals surface area contributed by atoms with Crippen molar-refractivity contribution in [2.75, 3.05) is 9.71 Å². The summed E-state index contributed by atoms with van der Waals surface area (Å²) in [5, 5.41) is 4.81. The van der Waals surface area contributed by atoms with E-state index >= 15 is 0 Å². The van der Waals surface area contributed by atoms with E-state index in [2.05, 4.69) is 203 Å². The number of hydrogen-bond acceptors (Lipinski definition) is 3. The Morgan fingerprint density at radius 2 is 1.20 bits per heavy atom. The molecular formula is C57H47BN2O. The van der Waals surface area contributed by atoms with Crippen LogP contribution in [-0.2, 0) is 16.2 Å². The maximum atomic E-state index is 6.93. The summed E-state index contributed by atoms with van der Waals surface area (Å²) in [6, 6.07) is 57.1. The molecule has 13 rings (SSSR count). The second kappa shape index (κ2) is 11.9. The van der Waals surface area contributed by atoms with Crippen molar-refractivity contribution in [1.82, 2.24) is 0 Å². The van der Waals surface area contributed by atoms with Crippen LogP contribution in [-0.4, -0.2) is 6.85 Å². The second-order valence-electron chi connectivity index (χ2n) is 19.9. The van der Waals surface area contributed by atoms with Crippen molar-refractivity contribution in [1.29, 1.82) is 0 Å². The monoisotopic (exact) mass is 786 g/mol. The van der Waals surface area contributed by atoms with E-state index in [-0.39, 0.29) is 23.1 Å². The first-order valence-electron chi connectivity index (χ1n) is 22.1. The van der Waals surface area contributed by atoms with Gasteiger partial charge in [0.15, 0.2) is 5.58 Å². The molecule has 4 heteroatoms. The van der Waals surface area contributed by atoms with E-state index < -0.39 is 0 Å². The van der Waals surface area contributed by atoms with Gasteiger partial charge in [-0.3, -0.25) is 0 Å². The van der Waals surface area contributed by atoms with Crippen LogP contribution >= 0.6 is 0 Å². The van der Waals surface area contributed by atoms with E-state index in [1.165, 1.54) is 102 Å². The van der Waals surface area contributed by atoms with Crippen LogP contribution in [0.3, 0.4) is 0 Å². The molecule has 61 heavy (non-hydrogen) atoms. The van der Waals surface area contributed by atoms with Crippen molar-refractivity contribution in [2.45, 2.75) is 70.6 Å². The Labute approximate surface area is 358 Å². The Bertz CT molecular complexity index is 3370. The molecule has 0 amide bonds. The van der Waals surface area contributed by atoms with E-state index in [4.69, 9.17) is 4.42 Å². The number of hydrogen-bond donors (Lipinski definition) is 0. The van der Waals surface area contributed by atoms with Gasteiger partial charge >= 0.3 is 6.85 Å². The summed E-state index contributed by atoms with van der Waals surface area (Å²) in [5.74, 6) is 0. The highest BCUT2D eigenvalue weighted by atomic mass is 16.3. The van der Waals surface area contributed by atoms with Gasteiger partial charge in [-0.05, 0) is 115 Å². The molecule has 4 heterocycles. The van der Waals surface area contributed by atoms with E-state index in [0.717, 1.165) is 27.6 Å². The van der Waals surface area contributed by atoms with Crippen LogP contribution in [0.15, 0.2) is 156 Å². The molecule has 1 aliphatic carbocycles. The van der Waals surface area contributed by atoms with Crippen LogP contribution in [0.2, 0.25) is 0 Å². The fraction of sp³-hybridized carbons (Fsp3) is 0.193. The second-order valence-corrected chi connectivity index (χ2v) is 19.9. The van der Waals surface area contributed by atoms with Crippen LogP contribution in [0, 0.1) is 0 Å². The lowest BCUT2D eigenvalue weighted by Crippen LogP contribution is -2.62. The molecule has 0 saturated heterocycles. The number of anilines is 5. The highest BCUT2D eigenvalue weighted by Gasteiger charge is 2.51. The van der Waals surface area contributed by atoms with Gasteiger partial charge in [0.2, 0.25) is 0 Å². The zero-order valence-electron chi connectivity index (χ0n) is 35.7. The predicted octanol–water partition coefficient (Wildman–Crippen LogP) is 14.1. The number of nitrogens with zero attached hydrogens (tertiary/aromatic N) is 2. The summed E-state index contributed by atoms with van der Waals surface area (Å²) < 4.78 is 6.93. The number of rotatable bonds is 2. The molecule has 4 aliphatic rings. The van der Waals surface area contributed by atoms with Gasteiger partial charge in [-0.15, -0.1) is 0 Å². The highest BCUT2D eigenvalue weighted by molar-refractivity contribution is 6.94. The van der Waals surface area contributed by atoms with Crippen molar-refractivity contribution in [2.24, 2.45) is 0 Å². The van der Waals surface area contributed by atoms with Crippen LogP contribution < -0.4 is 20.6 Å². The predicted molar refractivity (Wildman–Crippen MR) is 258 cm³/mol. The normalized spacial score (nSPS) is 17.2. The standard InChI is InChI=1S/C57H47BN2O/c1-55(2)28-29-56(3,4)44-33-49-45(32-43(44)55)57(5,6)42-22-15-23-46-53(42)59(49)52-37-19-11-10-18-36(37)31-41-40-30-35(34-16-8-7-9-17-34)26-27-47(40)60(58(46)51(41)52)48-24-14-21-39-38-20-12-13-25-50(38)61-54(39)48/h7-27,30-33H,28-29H2,1-6H3. The van der Waals surface area contributed by atoms with Crippen molar-refractivity contribution < 1.29 is 4.42 Å². The third-order valence-electron chi connectivity index (χ3n) is 15.3. The molecule has 9 aromatic rings. The van der Waals surface area contributed by atoms with Gasteiger partial charge in [0.1, 0.15) is 5.58 Å². The smallest absolute Gasteiger partial charge is 0.333 e. The Morgan fingerprint density at radius 1 is 0.492 bits per heavy atom. The molecule has 0 saturated carbocycles. The van der Waals surface area contributed by atoms with Crippen molar-refractivity contribution in [3.8, 4) is 22.3 Å². The summed E-state index contributed by atoms with van der Waals surface area (Å²) in [5.41, 5.74) is 21.4. The summed E-state index contributed by atoms with van der Waals surface area (Å²) in [7, 11) is 0. The molecular weight excluding hydrogens is 739 g/mol. The first-order chi connectivity index (χ1) is 29.5. The zero-order valence-corrected chi connectivity index (χ0v) is 35.7. The van der Waals surface area contributed by atoms with Crippen LogP contribution in [0.1, 0.15) is 76.6 Å². The van der Waals surface area contributed by atoms with Crippen LogP contribution in [0.4, 0.5) is 28.4 Å². The molecule has 0 atom stereocenters. The first-order valence-corrected chi connectivity index (χ1v) is 22.1. The van der Waals surface area contributed by atoms with E-state index in [1.54, 1.807) is 0 Å². The average molecular weight is 787 g/mol. The maximum Gasteiger partial charge on any atom is 0.333 e. The van der Waals surface area contributed by atoms with Crippen molar-refractivity contribution >= 4 is 78.9 Å². The maximum absolute atomic E-state index is 6.93. The Kier molecular flexibility index (Phi) is 6.85. The quantitative estimate of drug-likeness (QED) is 0.163. The molecule has 1 aromatic heterocycles. The van der Waals surface area contributed by atoms with Gasteiger partial charge in [-0.2, -0.15) is 0 Å². The third-order valence-corrected chi connectivity index (χ3v) is 15.3. The van der Waals surface area contributed by atoms with Gasteiger partial charge in [-0.25, -0.2) is 0 Å². The highest BCUT2D eigenvalue weighted by Crippen LogP contribution is 2.59. The van der Waals surface area contributed by atoms with Gasteiger partial charge < -0.3 is 14.1 Å². The van der Waals surface area contributed by atoms with Gasteiger partial charge in [0.25, 0.3) is 0 Å². The van der Waals surface area contributed by atoms with Gasteiger partial charge in [-0.1, -0.05) is 157 Å². The molecule has 3 aliphatic heterocycles. The molecule has 294 valence electrons. The number of furan rings is 1. The van der Waals surface area contributed by atoms with E-state index in [9.17, 15) is 0 Å². The Morgan fingerprint density at radius 3 is 2.02 bits per heavy atom. The summed E-state index contributed by atoms with van der Waals surface area (Å²) in [6.45, 7) is 14.6. The largest absolute Gasteiger partial charge is 0.454 e. The Balaban J connectivity index is 1.19. The molecule has 0 unspecified atom stereocenters. The van der Waals surface area contributed by atoms with Crippen molar-refractivity contribution in [3.05, 3.63) is 174 Å². The molecule has 0 N–H and O–H groups in total.